The molecule has 1 aromatic rings. The van der Waals surface area contributed by atoms with Gasteiger partial charge in [0.05, 0.1) is 16.8 Å². The molecule has 1 aliphatic heterocycles. The summed E-state index contributed by atoms with van der Waals surface area (Å²) in [6.45, 7) is 9.40. The zero-order valence-electron chi connectivity index (χ0n) is 11.8. The Hall–Kier alpha value is -0.770. The van der Waals surface area contributed by atoms with Gasteiger partial charge in [0.25, 0.3) is 0 Å². The average molecular weight is 283 g/mol. The molecule has 1 fully saturated rings. The lowest BCUT2D eigenvalue weighted by atomic mass is 10.1. The van der Waals surface area contributed by atoms with Crippen LogP contribution in [-0.4, -0.2) is 42.7 Å². The number of benzene rings is 1. The summed E-state index contributed by atoms with van der Waals surface area (Å²) in [5, 5.41) is 10.3. The van der Waals surface area contributed by atoms with Crippen molar-refractivity contribution < 1.29 is 5.11 Å². The molecule has 0 spiro atoms. The first-order chi connectivity index (χ1) is 9.11. The number of aliphatic hydroxyl groups excluding tert-OH is 1. The summed E-state index contributed by atoms with van der Waals surface area (Å²) in [6.07, 6.45) is 0.747. The van der Waals surface area contributed by atoms with Crippen LogP contribution < -0.4 is 4.90 Å². The smallest absolute Gasteiger partial charge is 0.0762 e. The third-order valence-electron chi connectivity index (χ3n) is 3.71. The molecule has 4 heteroatoms. The first kappa shape index (κ1) is 14.6. The molecule has 0 aliphatic carbocycles. The fourth-order valence-electron chi connectivity index (χ4n) is 2.57. The average Bonchev–Trinajstić information content (AvgIpc) is 2.40. The summed E-state index contributed by atoms with van der Waals surface area (Å²) in [6, 6.07) is 5.87. The van der Waals surface area contributed by atoms with E-state index >= 15 is 0 Å². The first-order valence-corrected chi connectivity index (χ1v) is 7.44. The molecule has 19 heavy (non-hydrogen) atoms. The van der Waals surface area contributed by atoms with Crippen LogP contribution in [0.3, 0.4) is 0 Å². The molecule has 0 bridgehead atoms. The highest BCUT2D eigenvalue weighted by atomic mass is 35.5. The van der Waals surface area contributed by atoms with Crippen LogP contribution in [0.5, 0.6) is 0 Å². The first-order valence-electron chi connectivity index (χ1n) is 7.06. The Morgan fingerprint density at radius 3 is 2.47 bits per heavy atom. The van der Waals surface area contributed by atoms with E-state index in [9.17, 15) is 5.11 Å². The van der Waals surface area contributed by atoms with Crippen LogP contribution in [0.15, 0.2) is 18.2 Å². The minimum atomic E-state index is -0.465. The minimum Gasteiger partial charge on any atom is -0.389 e. The lowest BCUT2D eigenvalue weighted by Crippen LogP contribution is -2.46. The highest BCUT2D eigenvalue weighted by Gasteiger charge is 2.18. The number of anilines is 1. The van der Waals surface area contributed by atoms with Gasteiger partial charge >= 0.3 is 0 Å². The third-order valence-corrected chi connectivity index (χ3v) is 4.01. The number of aliphatic hydroxyl groups is 1. The standard InChI is InChI=1S/C15H23ClN2O/c1-3-6-17-7-9-18(10-8-17)15-5-4-13(12(2)19)11-14(15)16/h4-5,11-12,19H,3,6-10H2,1-2H3/t12-/m1/s1. The highest BCUT2D eigenvalue weighted by Crippen LogP contribution is 2.29. The molecule has 106 valence electrons. The number of nitrogens with zero attached hydrogens (tertiary/aromatic N) is 2. The maximum atomic E-state index is 9.56. The molecule has 2 rings (SSSR count). The summed E-state index contributed by atoms with van der Waals surface area (Å²) in [5.74, 6) is 0. The van der Waals surface area contributed by atoms with Gasteiger partial charge in [-0.05, 0) is 37.6 Å². The topological polar surface area (TPSA) is 26.7 Å². The van der Waals surface area contributed by atoms with E-state index in [0.717, 1.165) is 42.5 Å². The summed E-state index contributed by atoms with van der Waals surface area (Å²) in [5.41, 5.74) is 1.96. The van der Waals surface area contributed by atoms with Crippen LogP contribution in [0.2, 0.25) is 5.02 Å². The molecular weight excluding hydrogens is 260 g/mol. The van der Waals surface area contributed by atoms with Crippen LogP contribution in [0.25, 0.3) is 0 Å². The number of hydrogen-bond donors (Lipinski definition) is 1. The van der Waals surface area contributed by atoms with Crippen LogP contribution in [0.4, 0.5) is 5.69 Å². The molecule has 0 aromatic heterocycles. The van der Waals surface area contributed by atoms with E-state index in [0.29, 0.717) is 0 Å². The van der Waals surface area contributed by atoms with E-state index in [-0.39, 0.29) is 0 Å². The zero-order chi connectivity index (χ0) is 13.8. The van der Waals surface area contributed by atoms with Crippen LogP contribution in [-0.2, 0) is 0 Å². The predicted molar refractivity (Wildman–Crippen MR) is 81.0 cm³/mol. The Kier molecular flexibility index (Phi) is 5.08. The van der Waals surface area contributed by atoms with Crippen molar-refractivity contribution in [3.05, 3.63) is 28.8 Å². The fourth-order valence-corrected chi connectivity index (χ4v) is 2.88. The molecule has 3 nitrogen and oxygen atoms in total. The third kappa shape index (κ3) is 3.62. The van der Waals surface area contributed by atoms with E-state index in [1.54, 1.807) is 6.92 Å². The molecule has 0 saturated carbocycles. The normalized spacial score (nSPS) is 18.6. The van der Waals surface area contributed by atoms with Crippen LogP contribution >= 0.6 is 11.6 Å². The van der Waals surface area contributed by atoms with Crippen molar-refractivity contribution in [1.29, 1.82) is 0 Å². The molecular formula is C15H23ClN2O. The van der Waals surface area contributed by atoms with E-state index in [4.69, 9.17) is 11.6 Å². The van der Waals surface area contributed by atoms with E-state index < -0.39 is 6.10 Å². The summed E-state index contributed by atoms with van der Waals surface area (Å²) in [7, 11) is 0. The molecule has 0 amide bonds. The molecule has 1 aliphatic rings. The Morgan fingerprint density at radius 1 is 1.26 bits per heavy atom. The molecule has 1 atom stereocenters. The van der Waals surface area contributed by atoms with Gasteiger partial charge in [-0.2, -0.15) is 0 Å². The van der Waals surface area contributed by atoms with Gasteiger partial charge in [0.1, 0.15) is 0 Å². The SMILES string of the molecule is CCCN1CCN(c2ccc([C@@H](C)O)cc2Cl)CC1. The lowest BCUT2D eigenvalue weighted by Gasteiger charge is -2.36. The molecule has 1 N–H and O–H groups in total. The van der Waals surface area contributed by atoms with E-state index in [1.807, 2.05) is 18.2 Å². The highest BCUT2D eigenvalue weighted by molar-refractivity contribution is 6.33. The molecule has 1 aromatic carbocycles. The summed E-state index contributed by atoms with van der Waals surface area (Å²) < 4.78 is 0. The van der Waals surface area contributed by atoms with Gasteiger partial charge in [0, 0.05) is 26.2 Å². The van der Waals surface area contributed by atoms with Crippen molar-refractivity contribution in [1.82, 2.24) is 4.90 Å². The Balaban J connectivity index is 2.03. The number of hydrogen-bond acceptors (Lipinski definition) is 3. The maximum Gasteiger partial charge on any atom is 0.0762 e. The molecule has 0 unspecified atom stereocenters. The minimum absolute atomic E-state index is 0.465. The largest absolute Gasteiger partial charge is 0.389 e. The van der Waals surface area contributed by atoms with Gasteiger partial charge in [-0.1, -0.05) is 24.6 Å². The van der Waals surface area contributed by atoms with Crippen molar-refractivity contribution in [2.24, 2.45) is 0 Å². The van der Waals surface area contributed by atoms with Gasteiger partial charge in [0.2, 0.25) is 0 Å². The molecule has 0 radical (unpaired) electrons. The second-order valence-electron chi connectivity index (χ2n) is 5.22. The number of rotatable bonds is 4. The van der Waals surface area contributed by atoms with Gasteiger partial charge < -0.3 is 10.0 Å². The Labute approximate surface area is 120 Å². The maximum absolute atomic E-state index is 9.56. The van der Waals surface area contributed by atoms with Gasteiger partial charge in [-0.25, -0.2) is 0 Å². The van der Waals surface area contributed by atoms with Gasteiger partial charge in [-0.3, -0.25) is 4.90 Å². The second kappa shape index (κ2) is 6.60. The van der Waals surface area contributed by atoms with Gasteiger partial charge in [-0.15, -0.1) is 0 Å². The fraction of sp³-hybridized carbons (Fsp3) is 0.600. The second-order valence-corrected chi connectivity index (χ2v) is 5.62. The summed E-state index contributed by atoms with van der Waals surface area (Å²) >= 11 is 6.34. The van der Waals surface area contributed by atoms with Crippen molar-refractivity contribution >= 4 is 17.3 Å². The van der Waals surface area contributed by atoms with Crippen LogP contribution in [0, 0.1) is 0 Å². The molecule has 1 saturated heterocycles. The monoisotopic (exact) mass is 282 g/mol. The lowest BCUT2D eigenvalue weighted by molar-refractivity contribution is 0.199. The van der Waals surface area contributed by atoms with Crippen molar-refractivity contribution in [3.63, 3.8) is 0 Å². The number of piperazine rings is 1. The van der Waals surface area contributed by atoms with E-state index in [1.165, 1.54) is 13.0 Å². The van der Waals surface area contributed by atoms with E-state index in [2.05, 4.69) is 16.7 Å². The van der Waals surface area contributed by atoms with Crippen molar-refractivity contribution in [3.8, 4) is 0 Å². The van der Waals surface area contributed by atoms with Crippen LogP contribution in [0.1, 0.15) is 31.9 Å². The molecule has 1 heterocycles. The van der Waals surface area contributed by atoms with Gasteiger partial charge in [0.15, 0.2) is 0 Å². The Morgan fingerprint density at radius 2 is 1.95 bits per heavy atom. The Bertz CT molecular complexity index is 415. The number of halogens is 1. The predicted octanol–water partition coefficient (Wildman–Crippen LogP) is 2.93. The van der Waals surface area contributed by atoms with Crippen molar-refractivity contribution in [2.75, 3.05) is 37.6 Å². The van der Waals surface area contributed by atoms with Crippen molar-refractivity contribution in [2.45, 2.75) is 26.4 Å². The quantitative estimate of drug-likeness (QED) is 0.920. The zero-order valence-corrected chi connectivity index (χ0v) is 12.5. The summed E-state index contributed by atoms with van der Waals surface area (Å²) in [4.78, 5) is 4.83.